The third-order valence-electron chi connectivity index (χ3n) is 6.22. The average molecular weight is 458 g/mol. The number of rotatable bonds is 5. The molecule has 3 aromatic carbocycles. The molecule has 1 aliphatic heterocycles. The lowest BCUT2D eigenvalue weighted by Gasteiger charge is -2.21. The number of para-hydroxylation sites is 1. The predicted octanol–water partition coefficient (Wildman–Crippen LogP) is 5.63. The SMILES string of the molecule is Cc1cc([C@@H](C)Nc2ccccc2C(=O)O)c2oc(N3Cc4cccc(F)c4C3)cc(=O)c2c1. The van der Waals surface area contributed by atoms with E-state index in [1.54, 1.807) is 30.3 Å². The van der Waals surface area contributed by atoms with Crippen molar-refractivity contribution in [1.82, 2.24) is 0 Å². The monoisotopic (exact) mass is 458 g/mol. The van der Waals surface area contributed by atoms with Gasteiger partial charge in [0, 0.05) is 36.0 Å². The first-order valence-corrected chi connectivity index (χ1v) is 11.0. The Balaban J connectivity index is 1.57. The van der Waals surface area contributed by atoms with Gasteiger partial charge < -0.3 is 19.7 Å². The first-order chi connectivity index (χ1) is 16.3. The minimum absolute atomic E-state index is 0.158. The molecule has 34 heavy (non-hydrogen) atoms. The minimum atomic E-state index is -1.03. The van der Waals surface area contributed by atoms with Crippen molar-refractivity contribution in [3.63, 3.8) is 0 Å². The molecule has 0 fully saturated rings. The zero-order chi connectivity index (χ0) is 24.0. The third-order valence-corrected chi connectivity index (χ3v) is 6.22. The number of nitrogens with one attached hydrogen (secondary N) is 1. The first kappa shape index (κ1) is 21.7. The fourth-order valence-electron chi connectivity index (χ4n) is 4.54. The van der Waals surface area contributed by atoms with Crippen molar-refractivity contribution in [2.24, 2.45) is 0 Å². The molecule has 1 aliphatic rings. The van der Waals surface area contributed by atoms with Gasteiger partial charge in [-0.3, -0.25) is 4.79 Å². The van der Waals surface area contributed by atoms with Crippen LogP contribution in [-0.2, 0) is 13.1 Å². The normalized spacial score (nSPS) is 13.7. The Hall–Kier alpha value is -4.13. The Labute approximate surface area is 195 Å². The summed E-state index contributed by atoms with van der Waals surface area (Å²) in [6.07, 6.45) is 0. The molecular formula is C27H23FN2O4. The van der Waals surface area contributed by atoms with Crippen molar-refractivity contribution < 1.29 is 18.7 Å². The lowest BCUT2D eigenvalue weighted by molar-refractivity contribution is 0.0698. The number of hydrogen-bond acceptors (Lipinski definition) is 5. The smallest absolute Gasteiger partial charge is 0.337 e. The summed E-state index contributed by atoms with van der Waals surface area (Å²) in [4.78, 5) is 26.5. The number of carboxylic acid groups (broad SMARTS) is 1. The van der Waals surface area contributed by atoms with Crippen LogP contribution in [0.25, 0.3) is 11.0 Å². The summed E-state index contributed by atoms with van der Waals surface area (Å²) in [5.41, 5.74) is 3.97. The van der Waals surface area contributed by atoms with Crippen LogP contribution in [0.4, 0.5) is 16.0 Å². The molecule has 7 heteroatoms. The predicted molar refractivity (Wildman–Crippen MR) is 129 cm³/mol. The zero-order valence-corrected chi connectivity index (χ0v) is 18.8. The molecule has 0 saturated carbocycles. The van der Waals surface area contributed by atoms with E-state index in [1.807, 2.05) is 30.9 Å². The van der Waals surface area contributed by atoms with Gasteiger partial charge in [0.25, 0.3) is 0 Å². The van der Waals surface area contributed by atoms with Gasteiger partial charge in [-0.05, 0) is 49.2 Å². The molecule has 4 aromatic rings. The number of nitrogens with zero attached hydrogens (tertiary/aromatic N) is 1. The quantitative estimate of drug-likeness (QED) is 0.403. The molecule has 0 radical (unpaired) electrons. The maximum absolute atomic E-state index is 14.3. The molecule has 6 nitrogen and oxygen atoms in total. The highest BCUT2D eigenvalue weighted by atomic mass is 19.1. The maximum Gasteiger partial charge on any atom is 0.337 e. The molecule has 0 spiro atoms. The summed E-state index contributed by atoms with van der Waals surface area (Å²) in [6.45, 7) is 4.55. The molecule has 0 bridgehead atoms. The van der Waals surface area contributed by atoms with Crippen molar-refractivity contribution in [2.45, 2.75) is 33.0 Å². The van der Waals surface area contributed by atoms with Gasteiger partial charge in [-0.15, -0.1) is 0 Å². The summed E-state index contributed by atoms with van der Waals surface area (Å²) in [5.74, 6) is -0.926. The lowest BCUT2D eigenvalue weighted by atomic mass is 10.0. The van der Waals surface area contributed by atoms with E-state index in [-0.39, 0.29) is 22.9 Å². The molecule has 2 N–H and O–H groups in total. The van der Waals surface area contributed by atoms with Crippen molar-refractivity contribution in [3.8, 4) is 0 Å². The van der Waals surface area contributed by atoms with Crippen LogP contribution >= 0.6 is 0 Å². The van der Waals surface area contributed by atoms with Gasteiger partial charge in [-0.2, -0.15) is 0 Å². The van der Waals surface area contributed by atoms with Crippen LogP contribution in [0, 0.1) is 12.7 Å². The average Bonchev–Trinajstić information content (AvgIpc) is 3.25. The summed E-state index contributed by atoms with van der Waals surface area (Å²) in [6, 6.07) is 16.5. The van der Waals surface area contributed by atoms with E-state index in [4.69, 9.17) is 4.42 Å². The van der Waals surface area contributed by atoms with Gasteiger partial charge >= 0.3 is 5.97 Å². The molecule has 172 valence electrons. The highest BCUT2D eigenvalue weighted by Gasteiger charge is 2.25. The van der Waals surface area contributed by atoms with E-state index < -0.39 is 5.97 Å². The minimum Gasteiger partial charge on any atom is -0.478 e. The van der Waals surface area contributed by atoms with Crippen molar-refractivity contribution in [2.75, 3.05) is 10.2 Å². The fourth-order valence-corrected chi connectivity index (χ4v) is 4.54. The Morgan fingerprint density at radius 2 is 1.91 bits per heavy atom. The highest BCUT2D eigenvalue weighted by molar-refractivity contribution is 5.94. The molecule has 0 amide bonds. The van der Waals surface area contributed by atoms with Crippen LogP contribution in [-0.4, -0.2) is 11.1 Å². The van der Waals surface area contributed by atoms with E-state index in [1.165, 1.54) is 18.2 Å². The molecule has 1 atom stereocenters. The number of halogens is 1. The number of anilines is 2. The summed E-state index contributed by atoms with van der Waals surface area (Å²) < 4.78 is 20.5. The molecule has 0 saturated heterocycles. The van der Waals surface area contributed by atoms with Gasteiger partial charge in [0.1, 0.15) is 11.4 Å². The van der Waals surface area contributed by atoms with Crippen LogP contribution in [0.15, 0.2) is 69.9 Å². The van der Waals surface area contributed by atoms with E-state index in [0.29, 0.717) is 41.2 Å². The van der Waals surface area contributed by atoms with Crippen LogP contribution < -0.4 is 15.6 Å². The van der Waals surface area contributed by atoms with Gasteiger partial charge in [0.2, 0.25) is 5.88 Å². The van der Waals surface area contributed by atoms with Crippen LogP contribution in [0.5, 0.6) is 0 Å². The number of hydrogen-bond donors (Lipinski definition) is 2. The zero-order valence-electron chi connectivity index (χ0n) is 18.8. The maximum atomic E-state index is 14.3. The van der Waals surface area contributed by atoms with Crippen molar-refractivity contribution in [3.05, 3.63) is 105 Å². The number of carbonyl (C=O) groups is 1. The number of carboxylic acids is 1. The second-order valence-corrected chi connectivity index (χ2v) is 8.63. The molecule has 0 unspecified atom stereocenters. The molecule has 0 aliphatic carbocycles. The Morgan fingerprint density at radius 1 is 1.12 bits per heavy atom. The lowest BCUT2D eigenvalue weighted by Crippen LogP contribution is -2.18. The van der Waals surface area contributed by atoms with Crippen molar-refractivity contribution >= 4 is 28.5 Å². The Bertz CT molecular complexity index is 1490. The summed E-state index contributed by atoms with van der Waals surface area (Å²) in [5, 5.41) is 13.2. The van der Waals surface area contributed by atoms with Gasteiger partial charge in [-0.1, -0.05) is 30.3 Å². The number of aryl methyl sites for hydroxylation is 1. The first-order valence-electron chi connectivity index (χ1n) is 11.0. The second-order valence-electron chi connectivity index (χ2n) is 8.63. The Kier molecular flexibility index (Phi) is 5.32. The van der Waals surface area contributed by atoms with Crippen LogP contribution in [0.2, 0.25) is 0 Å². The summed E-state index contributed by atoms with van der Waals surface area (Å²) in [7, 11) is 0. The van der Waals surface area contributed by atoms with Crippen LogP contribution in [0.3, 0.4) is 0 Å². The number of aromatic carboxylic acids is 1. The van der Waals surface area contributed by atoms with Gasteiger partial charge in [0.15, 0.2) is 5.43 Å². The van der Waals surface area contributed by atoms with Crippen molar-refractivity contribution in [1.29, 1.82) is 0 Å². The second kappa shape index (κ2) is 8.33. The topological polar surface area (TPSA) is 82.8 Å². The largest absolute Gasteiger partial charge is 0.478 e. The van der Waals surface area contributed by atoms with Crippen LogP contribution in [0.1, 0.15) is 45.6 Å². The van der Waals surface area contributed by atoms with Gasteiger partial charge in [0.05, 0.1) is 17.0 Å². The third kappa shape index (κ3) is 3.79. The standard InChI is InChI=1S/C27H23FN2O4/c1-15-10-19(16(2)29-23-9-4-3-7-18(23)27(32)33)26-20(11-15)24(31)12-25(34-26)30-13-17-6-5-8-22(28)21(17)14-30/h3-12,16,29H,13-14H2,1-2H3,(H,32,33)/t16-/m1/s1. The Morgan fingerprint density at radius 3 is 2.68 bits per heavy atom. The number of fused-ring (bicyclic) bond motifs is 2. The molecule has 2 heterocycles. The molecule has 5 rings (SSSR count). The van der Waals surface area contributed by atoms with E-state index in [2.05, 4.69) is 5.32 Å². The molecule has 1 aromatic heterocycles. The highest BCUT2D eigenvalue weighted by Crippen LogP contribution is 2.34. The van der Waals surface area contributed by atoms with E-state index in [9.17, 15) is 19.1 Å². The van der Waals surface area contributed by atoms with E-state index >= 15 is 0 Å². The summed E-state index contributed by atoms with van der Waals surface area (Å²) >= 11 is 0. The number of benzene rings is 3. The van der Waals surface area contributed by atoms with Gasteiger partial charge in [-0.25, -0.2) is 9.18 Å². The fraction of sp³-hybridized carbons (Fsp3) is 0.185. The molecular weight excluding hydrogens is 435 g/mol. The van der Waals surface area contributed by atoms with E-state index in [0.717, 1.165) is 16.7 Å².